The number of aromatic amines is 1. The summed E-state index contributed by atoms with van der Waals surface area (Å²) >= 11 is 0. The third kappa shape index (κ3) is 6.53. The zero-order valence-electron chi connectivity index (χ0n) is 23.4. The van der Waals surface area contributed by atoms with Crippen molar-refractivity contribution >= 4 is 22.7 Å². The van der Waals surface area contributed by atoms with E-state index in [1.54, 1.807) is 28.0 Å². The highest BCUT2D eigenvalue weighted by atomic mass is 19.4. The van der Waals surface area contributed by atoms with Crippen LogP contribution in [0.15, 0.2) is 72.9 Å². The van der Waals surface area contributed by atoms with Gasteiger partial charge in [0.15, 0.2) is 0 Å². The van der Waals surface area contributed by atoms with Crippen molar-refractivity contribution in [1.82, 2.24) is 14.8 Å². The van der Waals surface area contributed by atoms with Crippen molar-refractivity contribution in [2.75, 3.05) is 27.3 Å². The minimum atomic E-state index is -4.45. The van der Waals surface area contributed by atoms with E-state index in [9.17, 15) is 22.8 Å². The molecule has 1 saturated carbocycles. The fourth-order valence-corrected chi connectivity index (χ4v) is 5.03. The average Bonchev–Trinajstić information content (AvgIpc) is 3.76. The van der Waals surface area contributed by atoms with Crippen molar-refractivity contribution in [1.29, 1.82) is 0 Å². The maximum absolute atomic E-state index is 13.8. The Morgan fingerprint density at radius 2 is 1.71 bits per heavy atom. The summed E-state index contributed by atoms with van der Waals surface area (Å²) in [5.74, 6) is 0.273. The molecular weight excluding hydrogens is 547 g/mol. The second kappa shape index (κ2) is 12.2. The summed E-state index contributed by atoms with van der Waals surface area (Å²) in [6.45, 7) is 0.269. The molecule has 0 spiro atoms. The van der Waals surface area contributed by atoms with Crippen LogP contribution in [0.5, 0.6) is 11.5 Å². The Morgan fingerprint density at radius 3 is 2.38 bits per heavy atom. The van der Waals surface area contributed by atoms with Crippen LogP contribution in [0.4, 0.5) is 13.2 Å². The molecule has 0 unspecified atom stereocenters. The summed E-state index contributed by atoms with van der Waals surface area (Å²) in [6.07, 6.45) is -0.448. The van der Waals surface area contributed by atoms with E-state index in [-0.39, 0.29) is 30.9 Å². The first kappa shape index (κ1) is 29.0. The van der Waals surface area contributed by atoms with Crippen LogP contribution in [0.2, 0.25) is 0 Å². The van der Waals surface area contributed by atoms with E-state index in [1.165, 1.54) is 26.4 Å². The molecule has 1 aliphatic carbocycles. The Hall–Kier alpha value is -4.47. The molecule has 3 aromatic carbocycles. The van der Waals surface area contributed by atoms with Crippen molar-refractivity contribution in [2.45, 2.75) is 38.0 Å². The van der Waals surface area contributed by atoms with E-state index in [0.29, 0.717) is 35.6 Å². The van der Waals surface area contributed by atoms with Crippen LogP contribution in [0, 0.1) is 0 Å². The number of rotatable bonds is 11. The largest absolute Gasteiger partial charge is 0.497 e. The maximum Gasteiger partial charge on any atom is 0.416 e. The monoisotopic (exact) mass is 579 g/mol. The number of amides is 2. The highest BCUT2D eigenvalue weighted by Gasteiger charge is 2.36. The molecule has 1 fully saturated rings. The van der Waals surface area contributed by atoms with Crippen LogP contribution in [-0.2, 0) is 23.9 Å². The van der Waals surface area contributed by atoms with Gasteiger partial charge < -0.3 is 24.3 Å². The van der Waals surface area contributed by atoms with Gasteiger partial charge in [0.25, 0.3) is 5.91 Å². The third-order valence-electron chi connectivity index (χ3n) is 7.53. The Bertz CT molecular complexity index is 1560. The minimum Gasteiger partial charge on any atom is -0.497 e. The highest BCUT2D eigenvalue weighted by molar-refractivity contribution is 5.99. The zero-order valence-corrected chi connectivity index (χ0v) is 23.4. The van der Waals surface area contributed by atoms with Crippen molar-refractivity contribution < 1.29 is 32.2 Å². The molecule has 0 radical (unpaired) electrons. The molecule has 0 atom stereocenters. The van der Waals surface area contributed by atoms with Gasteiger partial charge in [-0.15, -0.1) is 0 Å². The Morgan fingerprint density at radius 1 is 0.976 bits per heavy atom. The molecule has 42 heavy (non-hydrogen) atoms. The number of hydrogen-bond donors (Lipinski definition) is 1. The summed E-state index contributed by atoms with van der Waals surface area (Å²) in [7, 11) is 2.99. The van der Waals surface area contributed by atoms with Gasteiger partial charge in [0.05, 0.1) is 25.3 Å². The molecule has 1 heterocycles. The summed E-state index contributed by atoms with van der Waals surface area (Å²) in [5, 5.41) is 1.04. The second-order valence-electron chi connectivity index (χ2n) is 10.3. The average molecular weight is 580 g/mol. The number of fused-ring (bicyclic) bond motifs is 1. The Kier molecular flexibility index (Phi) is 8.42. The summed E-state index contributed by atoms with van der Waals surface area (Å²) in [6, 6.07) is 17.5. The van der Waals surface area contributed by atoms with Crippen LogP contribution in [0.25, 0.3) is 10.9 Å². The lowest BCUT2D eigenvalue weighted by atomic mass is 10.1. The van der Waals surface area contributed by atoms with Crippen LogP contribution in [-0.4, -0.2) is 59.9 Å². The molecule has 1 aliphatic rings. The van der Waals surface area contributed by atoms with Crippen LogP contribution in [0.1, 0.15) is 39.9 Å². The summed E-state index contributed by atoms with van der Waals surface area (Å²) < 4.78 is 50.1. The number of benzene rings is 3. The summed E-state index contributed by atoms with van der Waals surface area (Å²) in [4.78, 5) is 33.9. The first-order valence-corrected chi connectivity index (χ1v) is 13.7. The number of ether oxygens (including phenoxy) is 2. The number of halogens is 3. The third-order valence-corrected chi connectivity index (χ3v) is 7.53. The molecule has 0 aliphatic heterocycles. The number of alkyl halides is 3. The fourth-order valence-electron chi connectivity index (χ4n) is 5.03. The molecular formula is C32H32F3N3O4. The molecule has 2 amide bonds. The van der Waals surface area contributed by atoms with Gasteiger partial charge in [-0.3, -0.25) is 9.59 Å². The van der Waals surface area contributed by atoms with Gasteiger partial charge in [0.1, 0.15) is 18.0 Å². The predicted octanol–water partition coefficient (Wildman–Crippen LogP) is 6.08. The van der Waals surface area contributed by atoms with E-state index in [0.717, 1.165) is 41.4 Å². The van der Waals surface area contributed by atoms with Gasteiger partial charge in [-0.1, -0.05) is 30.3 Å². The number of para-hydroxylation sites is 1. The van der Waals surface area contributed by atoms with Gasteiger partial charge >= 0.3 is 6.18 Å². The van der Waals surface area contributed by atoms with Gasteiger partial charge in [-0.05, 0) is 60.7 Å². The Labute approximate surface area is 241 Å². The van der Waals surface area contributed by atoms with E-state index < -0.39 is 11.7 Å². The normalized spacial score (nSPS) is 13.2. The number of carbonyl (C=O) groups is 2. The fraction of sp³-hybridized carbons (Fsp3) is 0.312. The lowest BCUT2D eigenvalue weighted by molar-refractivity contribution is -0.137. The number of aromatic nitrogens is 1. The second-order valence-corrected chi connectivity index (χ2v) is 10.3. The lowest BCUT2D eigenvalue weighted by Gasteiger charge is -2.28. The predicted molar refractivity (Wildman–Crippen MR) is 152 cm³/mol. The lowest BCUT2D eigenvalue weighted by Crippen LogP contribution is -2.44. The van der Waals surface area contributed by atoms with Gasteiger partial charge in [0, 0.05) is 42.3 Å². The molecule has 4 aromatic rings. The SMILES string of the molecule is COc1ccc(C(=O)N(CC(=O)N(CCc2c[nH]c3ccccc23)Cc2ccc(C(F)(F)F)cc2)C2CC2)c(OC)c1. The number of methoxy groups -OCH3 is 2. The van der Waals surface area contributed by atoms with E-state index >= 15 is 0 Å². The molecule has 10 heteroatoms. The van der Waals surface area contributed by atoms with Crippen LogP contribution in [0.3, 0.4) is 0 Å². The molecule has 0 saturated heterocycles. The number of nitrogens with one attached hydrogen (secondary N) is 1. The van der Waals surface area contributed by atoms with Gasteiger partial charge in [-0.2, -0.15) is 13.2 Å². The number of H-pyrrole nitrogens is 1. The van der Waals surface area contributed by atoms with Crippen LogP contribution >= 0.6 is 0 Å². The number of carbonyl (C=O) groups excluding carboxylic acids is 2. The summed E-state index contributed by atoms with van der Waals surface area (Å²) in [5.41, 5.74) is 2.14. The maximum atomic E-state index is 13.8. The minimum absolute atomic E-state index is 0.0743. The van der Waals surface area contributed by atoms with Crippen molar-refractivity contribution in [3.05, 3.63) is 95.2 Å². The first-order valence-electron chi connectivity index (χ1n) is 13.7. The van der Waals surface area contributed by atoms with Gasteiger partial charge in [0.2, 0.25) is 5.91 Å². The quantitative estimate of drug-likeness (QED) is 0.234. The van der Waals surface area contributed by atoms with Crippen molar-refractivity contribution in [3.8, 4) is 11.5 Å². The Balaban J connectivity index is 1.38. The van der Waals surface area contributed by atoms with E-state index in [1.807, 2.05) is 30.5 Å². The molecule has 220 valence electrons. The topological polar surface area (TPSA) is 74.9 Å². The first-order chi connectivity index (χ1) is 20.2. The van der Waals surface area contributed by atoms with E-state index in [2.05, 4.69) is 4.98 Å². The number of nitrogens with zero attached hydrogens (tertiary/aromatic N) is 2. The standard InChI is InChI=1S/C32H32F3N3O4/c1-41-25-13-14-27(29(17-25)42-2)31(40)38(24-11-12-24)20-30(39)37(19-21-7-9-23(10-8-21)32(33,34)35)16-15-22-18-36-28-6-4-3-5-26(22)28/h3-10,13-14,17-18,24,36H,11-12,15-16,19-20H2,1-2H3. The highest BCUT2D eigenvalue weighted by Crippen LogP contribution is 2.32. The van der Waals surface area contributed by atoms with Crippen LogP contribution < -0.4 is 9.47 Å². The molecule has 0 bridgehead atoms. The molecule has 7 nitrogen and oxygen atoms in total. The molecule has 1 N–H and O–H groups in total. The van der Waals surface area contributed by atoms with Gasteiger partial charge in [-0.25, -0.2) is 0 Å². The van der Waals surface area contributed by atoms with Crippen molar-refractivity contribution in [2.24, 2.45) is 0 Å². The molecule has 1 aromatic heterocycles. The smallest absolute Gasteiger partial charge is 0.416 e. The zero-order chi connectivity index (χ0) is 29.9. The number of hydrogen-bond acceptors (Lipinski definition) is 4. The molecule has 5 rings (SSSR count). The van der Waals surface area contributed by atoms with Crippen molar-refractivity contribution in [3.63, 3.8) is 0 Å². The van der Waals surface area contributed by atoms with E-state index in [4.69, 9.17) is 9.47 Å².